The predicted octanol–water partition coefficient (Wildman–Crippen LogP) is 1.59. The smallest absolute Gasteiger partial charge is 0.145 e. The van der Waals surface area contributed by atoms with Gasteiger partial charge in [0.1, 0.15) is 11.3 Å². The fourth-order valence-corrected chi connectivity index (χ4v) is 3.30. The van der Waals surface area contributed by atoms with Crippen molar-refractivity contribution in [3.63, 3.8) is 0 Å². The van der Waals surface area contributed by atoms with E-state index in [1.165, 1.54) is 0 Å². The van der Waals surface area contributed by atoms with Gasteiger partial charge in [-0.25, -0.2) is 4.98 Å². The van der Waals surface area contributed by atoms with E-state index in [9.17, 15) is 10.2 Å². The van der Waals surface area contributed by atoms with Gasteiger partial charge in [-0.3, -0.25) is 0 Å². The van der Waals surface area contributed by atoms with Crippen LogP contribution in [0.2, 0.25) is 0 Å². The number of aryl methyl sites for hydroxylation is 1. The van der Waals surface area contributed by atoms with Crippen LogP contribution in [0.4, 0.5) is 5.69 Å². The number of nitrogens with zero attached hydrogens (tertiary/aromatic N) is 2. The van der Waals surface area contributed by atoms with Crippen molar-refractivity contribution >= 4 is 16.6 Å². The number of ether oxygens (including phenoxy) is 1. The van der Waals surface area contributed by atoms with Crippen molar-refractivity contribution in [1.29, 1.82) is 0 Å². The van der Waals surface area contributed by atoms with Crippen molar-refractivity contribution in [3.05, 3.63) is 30.0 Å². The van der Waals surface area contributed by atoms with Crippen molar-refractivity contribution in [2.45, 2.75) is 6.92 Å². The molecule has 1 aliphatic rings. The number of pyridine rings is 1. The van der Waals surface area contributed by atoms with Crippen molar-refractivity contribution < 1.29 is 14.9 Å². The second-order valence-corrected chi connectivity index (χ2v) is 5.93. The first-order chi connectivity index (χ1) is 10.7. The third kappa shape index (κ3) is 2.51. The van der Waals surface area contributed by atoms with E-state index < -0.39 is 0 Å². The van der Waals surface area contributed by atoms with Gasteiger partial charge < -0.3 is 19.8 Å². The lowest BCUT2D eigenvalue weighted by Gasteiger charge is -2.21. The van der Waals surface area contributed by atoms with Crippen LogP contribution in [0.1, 0.15) is 5.69 Å². The molecule has 0 amide bonds. The first-order valence-electron chi connectivity index (χ1n) is 7.59. The van der Waals surface area contributed by atoms with Gasteiger partial charge in [0.05, 0.1) is 7.11 Å². The highest BCUT2D eigenvalue weighted by molar-refractivity contribution is 5.95. The van der Waals surface area contributed by atoms with Crippen LogP contribution in [0, 0.1) is 18.8 Å². The van der Waals surface area contributed by atoms with Gasteiger partial charge in [-0.2, -0.15) is 0 Å². The highest BCUT2D eigenvalue weighted by Crippen LogP contribution is 2.35. The number of para-hydroxylation sites is 1. The molecule has 5 heteroatoms. The summed E-state index contributed by atoms with van der Waals surface area (Å²) in [5, 5.41) is 20.1. The molecule has 2 heterocycles. The van der Waals surface area contributed by atoms with Gasteiger partial charge >= 0.3 is 0 Å². The number of rotatable bonds is 4. The number of hydrogen-bond acceptors (Lipinski definition) is 5. The molecule has 0 spiro atoms. The molecule has 2 N–H and O–H groups in total. The lowest BCUT2D eigenvalue weighted by molar-refractivity contribution is 0.152. The zero-order chi connectivity index (χ0) is 15.7. The molecule has 2 aromatic rings. The monoisotopic (exact) mass is 302 g/mol. The van der Waals surface area contributed by atoms with Crippen LogP contribution in [0.25, 0.3) is 10.9 Å². The molecular formula is C17H22N2O3. The molecule has 0 unspecified atom stereocenters. The first kappa shape index (κ1) is 15.1. The van der Waals surface area contributed by atoms with Crippen LogP contribution >= 0.6 is 0 Å². The van der Waals surface area contributed by atoms with Crippen LogP contribution in [0.3, 0.4) is 0 Å². The van der Waals surface area contributed by atoms with Gasteiger partial charge in [-0.15, -0.1) is 0 Å². The number of aliphatic hydroxyl groups excluding tert-OH is 2. The largest absolute Gasteiger partial charge is 0.494 e. The minimum Gasteiger partial charge on any atom is -0.494 e. The summed E-state index contributed by atoms with van der Waals surface area (Å²) in [5.74, 6) is 0.984. The molecule has 3 rings (SSSR count). The summed E-state index contributed by atoms with van der Waals surface area (Å²) in [5.41, 5.74) is 2.88. The van der Waals surface area contributed by atoms with Gasteiger partial charge in [-0.05, 0) is 19.1 Å². The maximum absolute atomic E-state index is 9.51. The maximum Gasteiger partial charge on any atom is 0.145 e. The molecule has 0 radical (unpaired) electrons. The quantitative estimate of drug-likeness (QED) is 0.898. The number of aromatic nitrogens is 1. The molecule has 1 aliphatic heterocycles. The second kappa shape index (κ2) is 6.10. The molecule has 118 valence electrons. The van der Waals surface area contributed by atoms with Gasteiger partial charge in [0.25, 0.3) is 0 Å². The van der Waals surface area contributed by atoms with Crippen LogP contribution in [0.5, 0.6) is 5.75 Å². The Bertz CT molecular complexity index is 662. The Hall–Kier alpha value is -1.85. The number of anilines is 1. The van der Waals surface area contributed by atoms with Crippen molar-refractivity contribution in [1.82, 2.24) is 4.98 Å². The van der Waals surface area contributed by atoms with Crippen LogP contribution in [-0.4, -0.2) is 48.6 Å². The number of hydrogen-bond donors (Lipinski definition) is 2. The summed E-state index contributed by atoms with van der Waals surface area (Å²) >= 11 is 0. The number of aliphatic hydroxyl groups is 2. The van der Waals surface area contributed by atoms with E-state index in [1.54, 1.807) is 7.11 Å². The summed E-state index contributed by atoms with van der Waals surface area (Å²) in [4.78, 5) is 6.84. The Morgan fingerprint density at radius 2 is 1.91 bits per heavy atom. The molecule has 1 aromatic carbocycles. The zero-order valence-corrected chi connectivity index (χ0v) is 13.0. The van der Waals surface area contributed by atoms with Gasteiger partial charge in [0.2, 0.25) is 0 Å². The van der Waals surface area contributed by atoms with Crippen LogP contribution in [0.15, 0.2) is 24.3 Å². The number of benzene rings is 1. The standard InChI is InChI=1S/C17H22N2O3/c1-11-6-15(19-7-12(9-20)13(8-19)10-21)14-4-3-5-16(22-2)17(14)18-11/h3-6,12-13,20-21H,7-10H2,1-2H3/t12-,13-/m0/s1. The summed E-state index contributed by atoms with van der Waals surface area (Å²) in [6.07, 6.45) is 0. The summed E-state index contributed by atoms with van der Waals surface area (Å²) in [6, 6.07) is 7.98. The molecule has 0 aliphatic carbocycles. The molecular weight excluding hydrogens is 280 g/mol. The molecule has 22 heavy (non-hydrogen) atoms. The third-order valence-electron chi connectivity index (χ3n) is 4.51. The average Bonchev–Trinajstić information content (AvgIpc) is 2.96. The molecule has 5 nitrogen and oxygen atoms in total. The van der Waals surface area contributed by atoms with Gasteiger partial charge in [0.15, 0.2) is 0 Å². The molecule has 2 atom stereocenters. The van der Waals surface area contributed by atoms with Crippen molar-refractivity contribution in [2.24, 2.45) is 11.8 Å². The van der Waals surface area contributed by atoms with E-state index in [-0.39, 0.29) is 25.0 Å². The van der Waals surface area contributed by atoms with Crippen molar-refractivity contribution in [3.8, 4) is 5.75 Å². The summed E-state index contributed by atoms with van der Waals surface area (Å²) in [7, 11) is 1.65. The highest BCUT2D eigenvalue weighted by atomic mass is 16.5. The maximum atomic E-state index is 9.51. The molecule has 1 saturated heterocycles. The topological polar surface area (TPSA) is 65.8 Å². The number of fused-ring (bicyclic) bond motifs is 1. The normalized spacial score (nSPS) is 21.5. The third-order valence-corrected chi connectivity index (χ3v) is 4.51. The fourth-order valence-electron chi connectivity index (χ4n) is 3.30. The number of methoxy groups -OCH3 is 1. The zero-order valence-electron chi connectivity index (χ0n) is 13.0. The molecule has 0 saturated carbocycles. The predicted molar refractivity (Wildman–Crippen MR) is 86.4 cm³/mol. The molecule has 0 bridgehead atoms. The Morgan fingerprint density at radius 3 is 2.50 bits per heavy atom. The van der Waals surface area contributed by atoms with E-state index in [2.05, 4.69) is 16.0 Å². The van der Waals surface area contributed by atoms with Gasteiger partial charge in [-0.1, -0.05) is 12.1 Å². The Labute approximate surface area is 130 Å². The van der Waals surface area contributed by atoms with E-state index in [1.807, 2.05) is 25.1 Å². The SMILES string of the molecule is COc1cccc2c(N3C[C@@H](CO)[C@H](CO)C3)cc(C)nc12. The Balaban J connectivity index is 2.08. The van der Waals surface area contributed by atoms with Crippen molar-refractivity contribution in [2.75, 3.05) is 38.3 Å². The lowest BCUT2D eigenvalue weighted by atomic mass is 9.98. The Morgan fingerprint density at radius 1 is 1.23 bits per heavy atom. The van der Waals surface area contributed by atoms with E-state index >= 15 is 0 Å². The van der Waals surface area contributed by atoms with E-state index in [0.717, 1.165) is 41.1 Å². The minimum absolute atomic E-state index is 0.104. The first-order valence-corrected chi connectivity index (χ1v) is 7.59. The van der Waals surface area contributed by atoms with E-state index in [4.69, 9.17) is 4.74 Å². The highest BCUT2D eigenvalue weighted by Gasteiger charge is 2.32. The van der Waals surface area contributed by atoms with Gasteiger partial charge in [0, 0.05) is 54.9 Å². The van der Waals surface area contributed by atoms with E-state index in [0.29, 0.717) is 0 Å². The summed E-state index contributed by atoms with van der Waals surface area (Å²) in [6.45, 7) is 3.67. The Kier molecular flexibility index (Phi) is 4.18. The van der Waals surface area contributed by atoms with Crippen LogP contribution in [-0.2, 0) is 0 Å². The summed E-state index contributed by atoms with van der Waals surface area (Å²) < 4.78 is 5.42. The molecule has 1 aromatic heterocycles. The second-order valence-electron chi connectivity index (χ2n) is 5.93. The van der Waals surface area contributed by atoms with Crippen LogP contribution < -0.4 is 9.64 Å². The minimum atomic E-state index is 0.104. The molecule has 1 fully saturated rings. The lowest BCUT2D eigenvalue weighted by Crippen LogP contribution is -2.21. The fraction of sp³-hybridized carbons (Fsp3) is 0.471. The average molecular weight is 302 g/mol.